The number of urea groups is 1. The number of benzene rings is 2. The van der Waals surface area contributed by atoms with Gasteiger partial charge in [-0.05, 0) is 55.3 Å². The largest absolute Gasteiger partial charge is 0.488 e. The molecule has 0 saturated carbocycles. The van der Waals surface area contributed by atoms with E-state index in [9.17, 15) is 4.79 Å². The molecule has 0 saturated heterocycles. The number of halogens is 1. The highest BCUT2D eigenvalue weighted by atomic mass is 35.5. The minimum Gasteiger partial charge on any atom is -0.488 e. The van der Waals surface area contributed by atoms with Crippen molar-refractivity contribution >= 4 is 23.3 Å². The minimum absolute atomic E-state index is 0.199. The predicted molar refractivity (Wildman–Crippen MR) is 110 cm³/mol. The Morgan fingerprint density at radius 2 is 2.11 bits per heavy atom. The maximum absolute atomic E-state index is 11.9. The quantitative estimate of drug-likeness (QED) is 0.385. The molecule has 0 atom stereocenters. The molecule has 0 aliphatic heterocycles. The van der Waals surface area contributed by atoms with E-state index >= 15 is 0 Å². The zero-order valence-corrected chi connectivity index (χ0v) is 16.7. The molecule has 8 heteroatoms. The summed E-state index contributed by atoms with van der Waals surface area (Å²) >= 11 is 6.32. The Morgan fingerprint density at radius 1 is 1.32 bits per heavy atom. The summed E-state index contributed by atoms with van der Waals surface area (Å²) in [6, 6.07) is 10.6. The lowest BCUT2D eigenvalue weighted by Crippen LogP contribution is -2.37. The number of nitrogens with two attached hydrogens (primary N) is 1. The molecule has 0 fully saturated rings. The topological polar surface area (TPSA) is 85.4 Å². The van der Waals surface area contributed by atoms with Crippen molar-refractivity contribution in [2.45, 2.75) is 20.5 Å². The molecule has 28 heavy (non-hydrogen) atoms. The summed E-state index contributed by atoms with van der Waals surface area (Å²) in [5.41, 5.74) is 4.23. The fraction of sp³-hybridized carbons (Fsp3) is 0.200. The molecule has 2 aromatic carbocycles. The number of carbonyl (C=O) groups is 1. The van der Waals surface area contributed by atoms with Gasteiger partial charge in [0.2, 0.25) is 0 Å². The van der Waals surface area contributed by atoms with Crippen LogP contribution in [0.3, 0.4) is 0 Å². The first-order valence-electron chi connectivity index (χ1n) is 8.67. The smallest absolute Gasteiger partial charge is 0.335 e. The third kappa shape index (κ3) is 4.44. The molecule has 1 aromatic heterocycles. The lowest BCUT2D eigenvalue weighted by Gasteiger charge is -2.17. The summed E-state index contributed by atoms with van der Waals surface area (Å²) in [6.07, 6.45) is 3.77. The fourth-order valence-corrected chi connectivity index (χ4v) is 2.90. The van der Waals surface area contributed by atoms with E-state index in [4.69, 9.17) is 22.2 Å². The Hall–Kier alpha value is -3.03. The van der Waals surface area contributed by atoms with Crippen molar-refractivity contribution in [2.75, 3.05) is 12.4 Å². The van der Waals surface area contributed by atoms with E-state index in [0.29, 0.717) is 16.3 Å². The third-order valence-corrected chi connectivity index (χ3v) is 4.54. The second-order valence-electron chi connectivity index (χ2n) is 6.51. The van der Waals surface area contributed by atoms with E-state index in [-0.39, 0.29) is 6.61 Å². The monoisotopic (exact) mass is 399 g/mol. The van der Waals surface area contributed by atoms with Crippen LogP contribution in [0, 0.1) is 13.8 Å². The lowest BCUT2D eigenvalue weighted by molar-refractivity contribution is 0.223. The van der Waals surface area contributed by atoms with Crippen molar-refractivity contribution in [2.24, 2.45) is 5.84 Å². The average Bonchev–Trinajstić information content (AvgIpc) is 3.08. The predicted octanol–water partition coefficient (Wildman–Crippen LogP) is 4.06. The van der Waals surface area contributed by atoms with Gasteiger partial charge < -0.3 is 10.1 Å². The Kier molecular flexibility index (Phi) is 5.87. The lowest BCUT2D eigenvalue weighted by atomic mass is 10.1. The van der Waals surface area contributed by atoms with Gasteiger partial charge in [-0.3, -0.25) is 5.01 Å². The molecule has 2 amide bonds. The summed E-state index contributed by atoms with van der Waals surface area (Å²) in [5.74, 6) is 6.19. The van der Waals surface area contributed by atoms with Gasteiger partial charge in [-0.25, -0.2) is 15.3 Å². The standard InChI is InChI=1S/C20H22ClN5O2/c1-13-10-23-26(11-13)15-7-8-19(14(2)9-15)28-12-16-17(21)5-4-6-18(16)24-20(27)25(3)22/h4-11H,12,22H2,1-3H3,(H,24,27). The molecular weight excluding hydrogens is 378 g/mol. The van der Waals surface area contributed by atoms with Gasteiger partial charge in [0.15, 0.2) is 0 Å². The maximum atomic E-state index is 11.9. The van der Waals surface area contributed by atoms with E-state index in [1.807, 2.05) is 49.1 Å². The molecule has 3 rings (SSSR count). The number of nitrogens with zero attached hydrogens (tertiary/aromatic N) is 3. The van der Waals surface area contributed by atoms with Crippen LogP contribution >= 0.6 is 11.6 Å². The van der Waals surface area contributed by atoms with Gasteiger partial charge in [-0.15, -0.1) is 0 Å². The fourth-order valence-electron chi connectivity index (χ4n) is 2.67. The van der Waals surface area contributed by atoms with E-state index in [0.717, 1.165) is 27.6 Å². The van der Waals surface area contributed by atoms with Crippen molar-refractivity contribution in [3.8, 4) is 11.4 Å². The van der Waals surface area contributed by atoms with E-state index < -0.39 is 6.03 Å². The summed E-state index contributed by atoms with van der Waals surface area (Å²) in [4.78, 5) is 11.9. The first kappa shape index (κ1) is 19.7. The first-order valence-corrected chi connectivity index (χ1v) is 9.05. The zero-order valence-electron chi connectivity index (χ0n) is 15.9. The second kappa shape index (κ2) is 8.33. The minimum atomic E-state index is -0.446. The molecule has 0 aliphatic carbocycles. The number of nitrogens with one attached hydrogen (secondary N) is 1. The first-order chi connectivity index (χ1) is 13.3. The molecule has 0 spiro atoms. The second-order valence-corrected chi connectivity index (χ2v) is 6.91. The van der Waals surface area contributed by atoms with Crippen LogP contribution in [0.2, 0.25) is 5.02 Å². The van der Waals surface area contributed by atoms with Gasteiger partial charge in [-0.2, -0.15) is 5.10 Å². The van der Waals surface area contributed by atoms with Crippen molar-refractivity contribution in [3.05, 3.63) is 70.5 Å². The van der Waals surface area contributed by atoms with Crippen LogP contribution in [0.15, 0.2) is 48.8 Å². The van der Waals surface area contributed by atoms with Crippen molar-refractivity contribution in [3.63, 3.8) is 0 Å². The van der Waals surface area contributed by atoms with Crippen LogP contribution in [0.1, 0.15) is 16.7 Å². The summed E-state index contributed by atoms with van der Waals surface area (Å²) in [7, 11) is 1.46. The number of amides is 2. The van der Waals surface area contributed by atoms with Gasteiger partial charge in [-0.1, -0.05) is 17.7 Å². The number of hydrazine groups is 1. The Balaban J connectivity index is 1.78. The van der Waals surface area contributed by atoms with Crippen LogP contribution in [-0.4, -0.2) is 27.9 Å². The van der Waals surface area contributed by atoms with Gasteiger partial charge >= 0.3 is 6.03 Å². The highest BCUT2D eigenvalue weighted by Gasteiger charge is 2.13. The van der Waals surface area contributed by atoms with Crippen LogP contribution < -0.4 is 15.9 Å². The number of carbonyl (C=O) groups excluding carboxylic acids is 1. The van der Waals surface area contributed by atoms with Gasteiger partial charge in [0, 0.05) is 23.8 Å². The Morgan fingerprint density at radius 3 is 2.75 bits per heavy atom. The third-order valence-electron chi connectivity index (χ3n) is 4.19. The summed E-state index contributed by atoms with van der Waals surface area (Å²) in [6.45, 7) is 4.16. The normalized spacial score (nSPS) is 10.6. The van der Waals surface area contributed by atoms with E-state index in [2.05, 4.69) is 10.4 Å². The molecule has 0 radical (unpaired) electrons. The Labute approximate surface area is 168 Å². The molecular formula is C20H22ClN5O2. The molecule has 3 N–H and O–H groups in total. The molecule has 146 valence electrons. The van der Waals surface area contributed by atoms with Crippen LogP contribution in [0.5, 0.6) is 5.75 Å². The maximum Gasteiger partial charge on any atom is 0.335 e. The van der Waals surface area contributed by atoms with Gasteiger partial charge in [0.25, 0.3) is 0 Å². The number of hydrogen-bond acceptors (Lipinski definition) is 4. The molecule has 0 bridgehead atoms. The number of hydrogen-bond donors (Lipinski definition) is 2. The van der Waals surface area contributed by atoms with E-state index in [1.54, 1.807) is 18.2 Å². The number of aryl methyl sites for hydroxylation is 2. The Bertz CT molecular complexity index is 1000. The molecule has 7 nitrogen and oxygen atoms in total. The highest BCUT2D eigenvalue weighted by Crippen LogP contribution is 2.28. The SMILES string of the molecule is Cc1cnn(-c2ccc(OCc3c(Cl)cccc3NC(=O)N(C)N)c(C)c2)c1. The number of rotatable bonds is 5. The number of anilines is 1. The zero-order chi connectivity index (χ0) is 20.3. The van der Waals surface area contributed by atoms with Crippen molar-refractivity contribution < 1.29 is 9.53 Å². The number of aromatic nitrogens is 2. The average molecular weight is 400 g/mol. The summed E-state index contributed by atoms with van der Waals surface area (Å²) < 4.78 is 7.79. The van der Waals surface area contributed by atoms with Gasteiger partial charge in [0.1, 0.15) is 12.4 Å². The van der Waals surface area contributed by atoms with Crippen molar-refractivity contribution in [1.29, 1.82) is 0 Å². The van der Waals surface area contributed by atoms with Crippen LogP contribution in [0.4, 0.5) is 10.5 Å². The van der Waals surface area contributed by atoms with Gasteiger partial charge in [0.05, 0.1) is 17.6 Å². The highest BCUT2D eigenvalue weighted by molar-refractivity contribution is 6.31. The molecule has 0 aliphatic rings. The molecule has 1 heterocycles. The van der Waals surface area contributed by atoms with Crippen LogP contribution in [0.25, 0.3) is 5.69 Å². The number of ether oxygens (including phenoxy) is 1. The molecule has 3 aromatic rings. The summed E-state index contributed by atoms with van der Waals surface area (Å²) in [5, 5.41) is 8.50. The van der Waals surface area contributed by atoms with E-state index in [1.165, 1.54) is 7.05 Å². The van der Waals surface area contributed by atoms with Crippen LogP contribution in [-0.2, 0) is 6.61 Å². The van der Waals surface area contributed by atoms with Crippen molar-refractivity contribution in [1.82, 2.24) is 14.8 Å². The molecule has 0 unspecified atom stereocenters.